The lowest BCUT2D eigenvalue weighted by Gasteiger charge is -2.40. The number of nitrogens with zero attached hydrogens (tertiary/aromatic N) is 4. The van der Waals surface area contributed by atoms with Gasteiger partial charge in [0.25, 0.3) is 5.91 Å². The molecule has 12 heteroatoms. The minimum Gasteiger partial charge on any atom is -0.507 e. The number of phenolic OH excluding ortho intramolecular Hbond substituents is 1. The van der Waals surface area contributed by atoms with E-state index >= 15 is 0 Å². The molecule has 3 saturated heterocycles. The molecule has 0 unspecified atom stereocenters. The van der Waals surface area contributed by atoms with Crippen molar-refractivity contribution < 1.29 is 34.1 Å². The Morgan fingerprint density at radius 1 is 0.896 bits per heavy atom. The van der Waals surface area contributed by atoms with Crippen LogP contribution >= 0.6 is 0 Å². The number of ether oxygens (including phenoxy) is 1. The van der Waals surface area contributed by atoms with E-state index in [9.17, 15) is 29.4 Å². The van der Waals surface area contributed by atoms with Crippen LogP contribution < -0.4 is 5.32 Å². The zero-order valence-electron chi connectivity index (χ0n) is 27.9. The molecule has 48 heavy (non-hydrogen) atoms. The summed E-state index contributed by atoms with van der Waals surface area (Å²) in [5.41, 5.74) is 4.10. The Morgan fingerprint density at radius 3 is 2.23 bits per heavy atom. The number of para-hydroxylation sites is 1. The quantitative estimate of drug-likeness (QED) is 0.402. The van der Waals surface area contributed by atoms with Crippen molar-refractivity contribution in [3.63, 3.8) is 0 Å². The van der Waals surface area contributed by atoms with Crippen LogP contribution in [0.2, 0.25) is 0 Å². The molecule has 2 aromatic carbocycles. The number of aliphatic carboxylic acids is 1. The molecule has 2 aromatic rings. The number of carboxylic acid groups (broad SMARTS) is 1. The van der Waals surface area contributed by atoms with E-state index in [-0.39, 0.29) is 36.2 Å². The lowest BCUT2D eigenvalue weighted by atomic mass is 9.98. The molecular weight excluding hydrogens is 614 g/mol. The van der Waals surface area contributed by atoms with Crippen molar-refractivity contribution in [2.75, 3.05) is 44.6 Å². The number of fused-ring (bicyclic) bond motifs is 1. The number of carbonyl (C=O) groups is 4. The fraction of sp³-hybridized carbons (Fsp3) is 0.556. The van der Waals surface area contributed by atoms with Crippen LogP contribution in [0.3, 0.4) is 0 Å². The number of piperidine rings is 2. The lowest BCUT2D eigenvalue weighted by Crippen LogP contribution is -2.53. The molecule has 0 aliphatic carbocycles. The lowest BCUT2D eigenvalue weighted by molar-refractivity contribution is -0.146. The summed E-state index contributed by atoms with van der Waals surface area (Å²) in [4.78, 5) is 59.7. The van der Waals surface area contributed by atoms with Crippen LogP contribution in [0.15, 0.2) is 36.4 Å². The molecule has 0 spiro atoms. The van der Waals surface area contributed by atoms with Crippen LogP contribution in [0.1, 0.15) is 60.8 Å². The number of likely N-dealkylation sites (tertiary alicyclic amines) is 3. The third kappa shape index (κ3) is 7.23. The molecule has 0 bridgehead atoms. The van der Waals surface area contributed by atoms with Crippen molar-refractivity contribution in [2.24, 2.45) is 0 Å². The summed E-state index contributed by atoms with van der Waals surface area (Å²) in [6.07, 6.45) is 3.37. The van der Waals surface area contributed by atoms with Crippen LogP contribution in [0.4, 0.5) is 15.3 Å². The van der Waals surface area contributed by atoms with Gasteiger partial charge in [0, 0.05) is 56.9 Å². The number of benzene rings is 2. The molecule has 3 fully saturated rings. The molecule has 4 heterocycles. The third-order valence-electron chi connectivity index (χ3n) is 10.6. The van der Waals surface area contributed by atoms with Crippen molar-refractivity contribution in [3.05, 3.63) is 58.7 Å². The number of urea groups is 1. The van der Waals surface area contributed by atoms with E-state index in [1.54, 1.807) is 23.6 Å². The summed E-state index contributed by atoms with van der Waals surface area (Å²) in [5.74, 6) is -0.856. The monoisotopic (exact) mass is 661 g/mol. The molecule has 0 aromatic heterocycles. The highest BCUT2D eigenvalue weighted by molar-refractivity contribution is 5.91. The SMILES string of the molecule is Cc1cc(C[C@@H](OC(=O)N2CCC(N3CCc4ccccc4NC3=O)CC2)C(=O)N2CCC(N3CCC[C@H]3C(=O)O)CC2)cc(C)c1O. The van der Waals surface area contributed by atoms with Gasteiger partial charge >= 0.3 is 18.1 Å². The van der Waals surface area contributed by atoms with Crippen LogP contribution in [0.25, 0.3) is 0 Å². The molecule has 4 aliphatic rings. The van der Waals surface area contributed by atoms with Gasteiger partial charge in [0.05, 0.1) is 0 Å². The maximum atomic E-state index is 14.0. The number of amides is 4. The first-order valence-corrected chi connectivity index (χ1v) is 17.3. The van der Waals surface area contributed by atoms with Gasteiger partial charge in [0.2, 0.25) is 0 Å². The van der Waals surface area contributed by atoms with Gasteiger partial charge in [-0.2, -0.15) is 0 Å². The van der Waals surface area contributed by atoms with Crippen molar-refractivity contribution in [1.29, 1.82) is 0 Å². The van der Waals surface area contributed by atoms with Crippen LogP contribution in [0.5, 0.6) is 5.75 Å². The van der Waals surface area contributed by atoms with Gasteiger partial charge < -0.3 is 35.0 Å². The van der Waals surface area contributed by atoms with Gasteiger partial charge in [-0.25, -0.2) is 9.59 Å². The second-order valence-corrected chi connectivity index (χ2v) is 13.7. The predicted molar refractivity (Wildman–Crippen MR) is 179 cm³/mol. The van der Waals surface area contributed by atoms with Crippen molar-refractivity contribution in [3.8, 4) is 5.75 Å². The highest BCUT2D eigenvalue weighted by atomic mass is 16.6. The summed E-state index contributed by atoms with van der Waals surface area (Å²) >= 11 is 0. The molecular formula is C36H47N5O7. The van der Waals surface area contributed by atoms with Crippen molar-refractivity contribution in [1.82, 2.24) is 19.6 Å². The molecule has 3 N–H and O–H groups in total. The number of phenols is 1. The first-order chi connectivity index (χ1) is 23.1. The van der Waals surface area contributed by atoms with Crippen molar-refractivity contribution in [2.45, 2.75) is 89.4 Å². The van der Waals surface area contributed by atoms with Gasteiger partial charge in [-0.15, -0.1) is 0 Å². The number of hydrogen-bond acceptors (Lipinski definition) is 7. The minimum atomic E-state index is -1.05. The number of nitrogens with one attached hydrogen (secondary N) is 1. The Labute approximate surface area is 281 Å². The second kappa shape index (κ2) is 14.4. The molecule has 258 valence electrons. The number of hydrogen-bond donors (Lipinski definition) is 3. The first kappa shape index (κ1) is 33.6. The largest absolute Gasteiger partial charge is 0.507 e. The Balaban J connectivity index is 1.09. The molecule has 6 rings (SSSR count). The molecule has 0 saturated carbocycles. The number of carbonyl (C=O) groups excluding carboxylic acids is 3. The standard InChI is InChI=1S/C36H47N5O7/c1-23-20-25(21-24(2)32(23)42)22-31(33(43)38-15-10-27(11-16-38)40-14-5-8-30(40)34(44)45)48-36(47)39-17-12-28(13-18-39)41-19-9-26-6-3-4-7-29(26)37-35(41)46/h3-4,6-7,20-21,27-28,30-31,42H,5,8-19,22H2,1-2H3,(H,37,46)(H,44,45)/t30-,31+/m0/s1. The normalized spacial score (nSPS) is 21.8. The number of aryl methyl sites for hydroxylation is 2. The van der Waals surface area contributed by atoms with Gasteiger partial charge in [0.1, 0.15) is 11.8 Å². The maximum absolute atomic E-state index is 14.0. The Kier molecular flexibility index (Phi) is 10.1. The van der Waals surface area contributed by atoms with Gasteiger partial charge in [0.15, 0.2) is 6.10 Å². The highest BCUT2D eigenvalue weighted by Crippen LogP contribution is 2.29. The summed E-state index contributed by atoms with van der Waals surface area (Å²) in [6, 6.07) is 11.0. The predicted octanol–water partition coefficient (Wildman–Crippen LogP) is 4.15. The first-order valence-electron chi connectivity index (χ1n) is 17.3. The van der Waals surface area contributed by atoms with E-state index in [1.165, 1.54) is 0 Å². The summed E-state index contributed by atoms with van der Waals surface area (Å²) in [5, 5.41) is 23.0. The molecule has 12 nitrogen and oxygen atoms in total. The number of carboxylic acids is 1. The Morgan fingerprint density at radius 2 is 1.54 bits per heavy atom. The van der Waals surface area contributed by atoms with Crippen LogP contribution in [-0.2, 0) is 27.2 Å². The van der Waals surface area contributed by atoms with E-state index in [0.29, 0.717) is 76.0 Å². The Hall–Kier alpha value is -4.32. The van der Waals surface area contributed by atoms with Crippen molar-refractivity contribution >= 4 is 29.7 Å². The second-order valence-electron chi connectivity index (χ2n) is 13.7. The van der Waals surface area contributed by atoms with E-state index < -0.39 is 24.2 Å². The van der Waals surface area contributed by atoms with Gasteiger partial charge in [-0.05, 0) is 93.7 Å². The molecule has 4 aliphatic heterocycles. The van der Waals surface area contributed by atoms with Crippen LogP contribution in [0, 0.1) is 13.8 Å². The van der Waals surface area contributed by atoms with Gasteiger partial charge in [-0.3, -0.25) is 14.5 Å². The van der Waals surface area contributed by atoms with E-state index in [2.05, 4.69) is 10.2 Å². The fourth-order valence-corrected chi connectivity index (χ4v) is 7.96. The highest BCUT2D eigenvalue weighted by Gasteiger charge is 2.39. The Bertz CT molecular complexity index is 1510. The number of anilines is 1. The topological polar surface area (TPSA) is 143 Å². The average Bonchev–Trinajstić information content (AvgIpc) is 3.52. The molecule has 4 amide bonds. The zero-order valence-corrected chi connectivity index (χ0v) is 27.9. The zero-order chi connectivity index (χ0) is 33.9. The molecule has 0 radical (unpaired) electrons. The molecule has 2 atom stereocenters. The smallest absolute Gasteiger partial charge is 0.410 e. The third-order valence-corrected chi connectivity index (χ3v) is 10.6. The van der Waals surface area contributed by atoms with Gasteiger partial charge in [-0.1, -0.05) is 30.3 Å². The summed E-state index contributed by atoms with van der Waals surface area (Å²) < 4.78 is 6.01. The average molecular weight is 662 g/mol. The van der Waals surface area contributed by atoms with Crippen LogP contribution in [-0.4, -0.2) is 117 Å². The maximum Gasteiger partial charge on any atom is 0.410 e. The summed E-state index contributed by atoms with van der Waals surface area (Å²) in [7, 11) is 0. The number of aromatic hydroxyl groups is 1. The number of rotatable bonds is 7. The fourth-order valence-electron chi connectivity index (χ4n) is 7.96. The minimum absolute atomic E-state index is 0.0126. The van der Waals surface area contributed by atoms with E-state index in [0.717, 1.165) is 36.2 Å². The summed E-state index contributed by atoms with van der Waals surface area (Å²) in [6.45, 7) is 6.69. The van der Waals surface area contributed by atoms with E-state index in [1.807, 2.05) is 41.3 Å². The van der Waals surface area contributed by atoms with E-state index in [4.69, 9.17) is 4.74 Å².